The molecule has 0 radical (unpaired) electrons. The third kappa shape index (κ3) is 4.54. The van der Waals surface area contributed by atoms with Crippen LogP contribution in [-0.4, -0.2) is 27.5 Å². The minimum Gasteiger partial charge on any atom is -0.314 e. The highest BCUT2D eigenvalue weighted by Crippen LogP contribution is 2.20. The molecule has 0 bridgehead atoms. The first-order chi connectivity index (χ1) is 11.0. The van der Waals surface area contributed by atoms with E-state index in [1.165, 1.54) is 30.0 Å². The molecule has 0 aromatic carbocycles. The standard InChI is InChI=1S/C14H14N4O3S2/c1-3-6-23-14-17-11(15-8(2)19)10(13(21)18-14)16-12(20)9-5-4-7-22-9/h3-5,7H,1,6H2,2H3,(H,16,20)(H2,15,17,18,19,21). The molecule has 0 aliphatic rings. The summed E-state index contributed by atoms with van der Waals surface area (Å²) in [5.74, 6) is -0.277. The number of rotatable bonds is 6. The summed E-state index contributed by atoms with van der Waals surface area (Å²) < 4.78 is 0. The van der Waals surface area contributed by atoms with Gasteiger partial charge in [-0.05, 0) is 11.4 Å². The SMILES string of the molecule is C=CCSc1nc(NC(C)=O)c(NC(=O)c2cccs2)c(=O)[nH]1. The maximum Gasteiger partial charge on any atom is 0.277 e. The van der Waals surface area contributed by atoms with Crippen LogP contribution in [-0.2, 0) is 4.79 Å². The smallest absolute Gasteiger partial charge is 0.277 e. The van der Waals surface area contributed by atoms with Crippen molar-refractivity contribution in [1.82, 2.24) is 9.97 Å². The summed E-state index contributed by atoms with van der Waals surface area (Å²) >= 11 is 2.50. The first-order valence-corrected chi connectivity index (χ1v) is 8.38. The number of hydrogen-bond acceptors (Lipinski definition) is 6. The van der Waals surface area contributed by atoms with Gasteiger partial charge in [0, 0.05) is 12.7 Å². The molecule has 7 nitrogen and oxygen atoms in total. The zero-order chi connectivity index (χ0) is 16.8. The second-order valence-corrected chi connectivity index (χ2v) is 6.26. The largest absolute Gasteiger partial charge is 0.314 e. The number of anilines is 2. The lowest BCUT2D eigenvalue weighted by Crippen LogP contribution is -2.24. The van der Waals surface area contributed by atoms with Crippen molar-refractivity contribution in [3.63, 3.8) is 0 Å². The minimum absolute atomic E-state index is 0.0118. The second kappa shape index (κ2) is 7.75. The van der Waals surface area contributed by atoms with Crippen molar-refractivity contribution < 1.29 is 9.59 Å². The van der Waals surface area contributed by atoms with Crippen molar-refractivity contribution in [2.75, 3.05) is 16.4 Å². The van der Waals surface area contributed by atoms with Gasteiger partial charge < -0.3 is 10.6 Å². The molecule has 0 saturated heterocycles. The van der Waals surface area contributed by atoms with Crippen LogP contribution in [0.25, 0.3) is 0 Å². The summed E-state index contributed by atoms with van der Waals surface area (Å²) in [6.07, 6.45) is 1.66. The number of thioether (sulfide) groups is 1. The number of aromatic amines is 1. The molecule has 2 aromatic rings. The van der Waals surface area contributed by atoms with Crippen molar-refractivity contribution >= 4 is 46.4 Å². The van der Waals surface area contributed by atoms with E-state index in [-0.39, 0.29) is 11.5 Å². The molecular weight excluding hydrogens is 336 g/mol. The molecule has 0 aliphatic carbocycles. The molecule has 9 heteroatoms. The fourth-order valence-electron chi connectivity index (χ4n) is 1.61. The lowest BCUT2D eigenvalue weighted by molar-refractivity contribution is -0.114. The number of aromatic nitrogens is 2. The van der Waals surface area contributed by atoms with E-state index in [1.807, 2.05) is 0 Å². The van der Waals surface area contributed by atoms with E-state index in [1.54, 1.807) is 23.6 Å². The number of thiophene rings is 1. The topological polar surface area (TPSA) is 104 Å². The quantitative estimate of drug-likeness (QED) is 0.421. The zero-order valence-electron chi connectivity index (χ0n) is 12.2. The Morgan fingerprint density at radius 3 is 2.87 bits per heavy atom. The summed E-state index contributed by atoms with van der Waals surface area (Å²) in [5, 5.41) is 7.03. The van der Waals surface area contributed by atoms with Crippen LogP contribution >= 0.6 is 23.1 Å². The number of amides is 2. The van der Waals surface area contributed by atoms with Gasteiger partial charge >= 0.3 is 0 Å². The molecule has 23 heavy (non-hydrogen) atoms. The van der Waals surface area contributed by atoms with Gasteiger partial charge in [-0.3, -0.25) is 19.4 Å². The van der Waals surface area contributed by atoms with Crippen molar-refractivity contribution in [2.45, 2.75) is 12.1 Å². The lowest BCUT2D eigenvalue weighted by Gasteiger charge is -2.10. The monoisotopic (exact) mass is 350 g/mol. The van der Waals surface area contributed by atoms with Gasteiger partial charge in [-0.1, -0.05) is 23.9 Å². The molecule has 0 aliphatic heterocycles. The van der Waals surface area contributed by atoms with Crippen LogP contribution in [0.1, 0.15) is 16.6 Å². The molecule has 0 atom stereocenters. The molecule has 0 fully saturated rings. The van der Waals surface area contributed by atoms with E-state index in [9.17, 15) is 14.4 Å². The summed E-state index contributed by atoms with van der Waals surface area (Å²) in [7, 11) is 0. The van der Waals surface area contributed by atoms with Gasteiger partial charge in [0.15, 0.2) is 16.7 Å². The summed E-state index contributed by atoms with van der Waals surface area (Å²) in [6.45, 7) is 4.88. The zero-order valence-corrected chi connectivity index (χ0v) is 13.8. The number of carbonyl (C=O) groups is 2. The van der Waals surface area contributed by atoms with Crippen LogP contribution in [0.5, 0.6) is 0 Å². The van der Waals surface area contributed by atoms with Gasteiger partial charge in [-0.15, -0.1) is 17.9 Å². The number of H-pyrrole nitrogens is 1. The van der Waals surface area contributed by atoms with Crippen LogP contribution in [0, 0.1) is 0 Å². The van der Waals surface area contributed by atoms with E-state index in [0.29, 0.717) is 15.8 Å². The molecule has 0 saturated carbocycles. The third-order valence-corrected chi connectivity index (χ3v) is 4.25. The Bertz CT molecular complexity index is 784. The Labute approximate surface area is 140 Å². The molecule has 120 valence electrons. The number of nitrogens with one attached hydrogen (secondary N) is 3. The Balaban J connectivity index is 2.36. The minimum atomic E-state index is -0.541. The highest BCUT2D eigenvalue weighted by molar-refractivity contribution is 7.99. The number of hydrogen-bond donors (Lipinski definition) is 3. The maximum absolute atomic E-state index is 12.2. The second-order valence-electron chi connectivity index (χ2n) is 4.31. The number of carbonyl (C=O) groups excluding carboxylic acids is 2. The average molecular weight is 350 g/mol. The van der Waals surface area contributed by atoms with Crippen LogP contribution < -0.4 is 16.2 Å². The van der Waals surface area contributed by atoms with Crippen LogP contribution in [0.3, 0.4) is 0 Å². The Kier molecular flexibility index (Phi) is 5.72. The predicted molar refractivity (Wildman–Crippen MR) is 92.4 cm³/mol. The van der Waals surface area contributed by atoms with Gasteiger partial charge in [-0.25, -0.2) is 4.98 Å². The number of nitrogens with zero attached hydrogens (tertiary/aromatic N) is 1. The molecule has 2 heterocycles. The van der Waals surface area contributed by atoms with Crippen LogP contribution in [0.4, 0.5) is 11.5 Å². The summed E-state index contributed by atoms with van der Waals surface area (Å²) in [5.41, 5.74) is -0.637. The molecule has 2 aromatic heterocycles. The summed E-state index contributed by atoms with van der Waals surface area (Å²) in [4.78, 5) is 42.8. The van der Waals surface area contributed by atoms with Gasteiger partial charge in [-0.2, -0.15) is 0 Å². The fourth-order valence-corrected chi connectivity index (χ4v) is 2.83. The molecule has 2 amide bonds. The highest BCUT2D eigenvalue weighted by atomic mass is 32.2. The van der Waals surface area contributed by atoms with Crippen molar-refractivity contribution in [3.05, 3.63) is 45.4 Å². The van der Waals surface area contributed by atoms with E-state index in [2.05, 4.69) is 27.2 Å². The van der Waals surface area contributed by atoms with E-state index >= 15 is 0 Å². The van der Waals surface area contributed by atoms with Crippen LogP contribution in [0.2, 0.25) is 0 Å². The van der Waals surface area contributed by atoms with E-state index < -0.39 is 17.4 Å². The molecule has 3 N–H and O–H groups in total. The normalized spacial score (nSPS) is 10.1. The van der Waals surface area contributed by atoms with E-state index in [4.69, 9.17) is 0 Å². The summed E-state index contributed by atoms with van der Waals surface area (Å²) in [6, 6.07) is 3.36. The maximum atomic E-state index is 12.2. The van der Waals surface area contributed by atoms with Crippen LogP contribution in [0.15, 0.2) is 40.1 Å². The fraction of sp³-hybridized carbons (Fsp3) is 0.143. The average Bonchev–Trinajstić information content (AvgIpc) is 3.02. The Hall–Kier alpha value is -2.39. The molecule has 0 spiro atoms. The predicted octanol–water partition coefficient (Wildman–Crippen LogP) is 2.32. The first kappa shape index (κ1) is 17.0. The van der Waals surface area contributed by atoms with Crippen molar-refractivity contribution in [3.8, 4) is 0 Å². The van der Waals surface area contributed by atoms with Gasteiger partial charge in [0.25, 0.3) is 11.5 Å². The molecule has 2 rings (SSSR count). The highest BCUT2D eigenvalue weighted by Gasteiger charge is 2.17. The molecular formula is C14H14N4O3S2. The lowest BCUT2D eigenvalue weighted by atomic mass is 10.4. The van der Waals surface area contributed by atoms with Crippen molar-refractivity contribution in [2.24, 2.45) is 0 Å². The van der Waals surface area contributed by atoms with Gasteiger partial charge in [0.2, 0.25) is 5.91 Å². The van der Waals surface area contributed by atoms with Crippen molar-refractivity contribution in [1.29, 1.82) is 0 Å². The van der Waals surface area contributed by atoms with Gasteiger partial charge in [0.05, 0.1) is 4.88 Å². The molecule has 0 unspecified atom stereocenters. The van der Waals surface area contributed by atoms with Gasteiger partial charge in [0.1, 0.15) is 0 Å². The first-order valence-electron chi connectivity index (χ1n) is 6.51. The third-order valence-electron chi connectivity index (χ3n) is 2.51. The Morgan fingerprint density at radius 2 is 2.26 bits per heavy atom. The van der Waals surface area contributed by atoms with E-state index in [0.717, 1.165) is 0 Å². The Morgan fingerprint density at radius 1 is 1.48 bits per heavy atom.